The molecule has 0 saturated heterocycles. The van der Waals surface area contributed by atoms with Crippen LogP contribution in [0, 0.1) is 11.8 Å². The van der Waals surface area contributed by atoms with Gasteiger partial charge in [-0.2, -0.15) is 0 Å². The van der Waals surface area contributed by atoms with Gasteiger partial charge in [-0.05, 0) is 24.7 Å². The van der Waals surface area contributed by atoms with Crippen molar-refractivity contribution in [1.82, 2.24) is 10.6 Å². The van der Waals surface area contributed by atoms with Crippen molar-refractivity contribution in [3.8, 4) is 0 Å². The third kappa shape index (κ3) is 9.20. The summed E-state index contributed by atoms with van der Waals surface area (Å²) in [4.78, 5) is 15.3. The Balaban J connectivity index is 0.00000256. The van der Waals surface area contributed by atoms with Gasteiger partial charge in [-0.1, -0.05) is 13.8 Å². The summed E-state index contributed by atoms with van der Waals surface area (Å²) in [6, 6.07) is 0. The lowest BCUT2D eigenvalue weighted by atomic mass is 10.2. The lowest BCUT2D eigenvalue weighted by Gasteiger charge is -2.07. The van der Waals surface area contributed by atoms with E-state index in [0.29, 0.717) is 17.8 Å². The monoisotopic (exact) mass is 354 g/mol. The molecule has 0 spiro atoms. The van der Waals surface area contributed by atoms with Crippen molar-refractivity contribution in [2.45, 2.75) is 26.7 Å². The molecule has 0 heterocycles. The molecule has 100 valence electrons. The first-order chi connectivity index (χ1) is 7.58. The summed E-state index contributed by atoms with van der Waals surface area (Å²) in [6.07, 6.45) is 2.48. The molecular formula is C11H23IN4O. The van der Waals surface area contributed by atoms with E-state index in [9.17, 15) is 4.79 Å². The van der Waals surface area contributed by atoms with Gasteiger partial charge < -0.3 is 16.4 Å². The molecule has 0 radical (unpaired) electrons. The highest BCUT2D eigenvalue weighted by atomic mass is 127. The standard InChI is InChI=1S/C11H22N4O.HI/c1-8(2)5-14-11(12)15-7-10(16)13-6-9-3-4-9;/h8-9H,3-7H2,1-2H3,(H,13,16)(H3,12,14,15);1H. The third-order valence-electron chi connectivity index (χ3n) is 2.37. The highest BCUT2D eigenvalue weighted by Gasteiger charge is 2.21. The molecule has 0 aromatic heterocycles. The van der Waals surface area contributed by atoms with Crippen LogP contribution in [0.2, 0.25) is 0 Å². The molecule has 0 aromatic rings. The lowest BCUT2D eigenvalue weighted by Crippen LogP contribution is -2.36. The van der Waals surface area contributed by atoms with Crippen LogP contribution in [-0.4, -0.2) is 31.5 Å². The molecule has 1 aliphatic carbocycles. The molecule has 1 amide bonds. The van der Waals surface area contributed by atoms with Gasteiger partial charge in [-0.25, -0.2) is 4.99 Å². The summed E-state index contributed by atoms with van der Waals surface area (Å²) in [6.45, 7) is 5.85. The van der Waals surface area contributed by atoms with Crippen molar-refractivity contribution in [2.75, 3.05) is 19.6 Å². The Morgan fingerprint density at radius 2 is 2.06 bits per heavy atom. The van der Waals surface area contributed by atoms with Crippen LogP contribution >= 0.6 is 24.0 Å². The average molecular weight is 354 g/mol. The fourth-order valence-corrected chi connectivity index (χ4v) is 1.16. The maximum Gasteiger partial charge on any atom is 0.241 e. The second kappa shape index (κ2) is 8.54. The van der Waals surface area contributed by atoms with E-state index in [1.165, 1.54) is 12.8 Å². The molecule has 1 saturated carbocycles. The fourth-order valence-electron chi connectivity index (χ4n) is 1.16. The number of rotatable bonds is 6. The Kier molecular flexibility index (Phi) is 8.28. The minimum Gasteiger partial charge on any atom is -0.370 e. The number of guanidine groups is 1. The van der Waals surface area contributed by atoms with Crippen molar-refractivity contribution in [3.05, 3.63) is 0 Å². The van der Waals surface area contributed by atoms with E-state index in [1.807, 2.05) is 0 Å². The van der Waals surface area contributed by atoms with Gasteiger partial charge in [0.05, 0.1) is 0 Å². The number of hydrogen-bond donors (Lipinski definition) is 3. The molecule has 5 nitrogen and oxygen atoms in total. The molecule has 1 aliphatic rings. The van der Waals surface area contributed by atoms with Gasteiger partial charge in [0.15, 0.2) is 5.96 Å². The molecule has 17 heavy (non-hydrogen) atoms. The SMILES string of the molecule is CC(C)CNC(N)=NCC(=O)NCC1CC1.I. The first kappa shape index (κ1) is 16.5. The molecular weight excluding hydrogens is 331 g/mol. The number of nitrogens with one attached hydrogen (secondary N) is 2. The van der Waals surface area contributed by atoms with Crippen LogP contribution < -0.4 is 16.4 Å². The third-order valence-corrected chi connectivity index (χ3v) is 2.37. The van der Waals surface area contributed by atoms with E-state index in [0.717, 1.165) is 13.1 Å². The first-order valence-electron chi connectivity index (χ1n) is 5.88. The Bertz CT molecular complexity index is 264. The van der Waals surface area contributed by atoms with Crippen LogP contribution in [0.25, 0.3) is 0 Å². The van der Waals surface area contributed by atoms with Gasteiger partial charge in [0.25, 0.3) is 0 Å². The van der Waals surface area contributed by atoms with Crippen molar-refractivity contribution >= 4 is 35.8 Å². The van der Waals surface area contributed by atoms with Gasteiger partial charge >= 0.3 is 0 Å². The summed E-state index contributed by atoms with van der Waals surface area (Å²) < 4.78 is 0. The zero-order chi connectivity index (χ0) is 12.0. The Morgan fingerprint density at radius 1 is 1.41 bits per heavy atom. The summed E-state index contributed by atoms with van der Waals surface area (Å²) in [5, 5.41) is 5.80. The van der Waals surface area contributed by atoms with E-state index in [2.05, 4.69) is 29.5 Å². The molecule has 0 bridgehead atoms. The quantitative estimate of drug-likeness (QED) is 0.373. The van der Waals surface area contributed by atoms with Gasteiger partial charge in [0.1, 0.15) is 6.54 Å². The van der Waals surface area contributed by atoms with Crippen LogP contribution in [0.4, 0.5) is 0 Å². The number of carbonyl (C=O) groups excluding carboxylic acids is 1. The summed E-state index contributed by atoms with van der Waals surface area (Å²) in [5.41, 5.74) is 5.60. The predicted molar refractivity (Wildman–Crippen MR) is 80.5 cm³/mol. The number of nitrogens with two attached hydrogens (primary N) is 1. The highest BCUT2D eigenvalue weighted by molar-refractivity contribution is 14.0. The normalized spacial score (nSPS) is 15.4. The Morgan fingerprint density at radius 3 is 2.59 bits per heavy atom. The number of nitrogens with zero attached hydrogens (tertiary/aromatic N) is 1. The molecule has 1 rings (SSSR count). The van der Waals surface area contributed by atoms with Gasteiger partial charge in [-0.3, -0.25) is 4.79 Å². The minimum atomic E-state index is -0.0544. The number of hydrogen-bond acceptors (Lipinski definition) is 2. The molecule has 4 N–H and O–H groups in total. The average Bonchev–Trinajstić information content (AvgIpc) is 3.04. The zero-order valence-corrected chi connectivity index (χ0v) is 12.9. The van der Waals surface area contributed by atoms with E-state index in [1.54, 1.807) is 0 Å². The van der Waals surface area contributed by atoms with E-state index in [4.69, 9.17) is 5.73 Å². The van der Waals surface area contributed by atoms with Crippen LogP contribution in [0.1, 0.15) is 26.7 Å². The van der Waals surface area contributed by atoms with Crippen LogP contribution in [0.5, 0.6) is 0 Å². The number of amides is 1. The molecule has 0 atom stereocenters. The number of carbonyl (C=O) groups is 1. The van der Waals surface area contributed by atoms with Crippen molar-refractivity contribution in [3.63, 3.8) is 0 Å². The zero-order valence-electron chi connectivity index (χ0n) is 10.5. The summed E-state index contributed by atoms with van der Waals surface area (Å²) in [7, 11) is 0. The fraction of sp³-hybridized carbons (Fsp3) is 0.818. The van der Waals surface area contributed by atoms with E-state index in [-0.39, 0.29) is 36.4 Å². The summed E-state index contributed by atoms with van der Waals surface area (Å²) >= 11 is 0. The molecule has 0 aliphatic heterocycles. The lowest BCUT2D eigenvalue weighted by molar-refractivity contribution is -0.119. The molecule has 6 heteroatoms. The van der Waals surface area contributed by atoms with E-state index < -0.39 is 0 Å². The maximum atomic E-state index is 11.3. The highest BCUT2D eigenvalue weighted by Crippen LogP contribution is 2.27. The van der Waals surface area contributed by atoms with Gasteiger partial charge in [0.2, 0.25) is 5.91 Å². The minimum absolute atomic E-state index is 0. The van der Waals surface area contributed by atoms with Crippen LogP contribution in [0.3, 0.4) is 0 Å². The van der Waals surface area contributed by atoms with Crippen molar-refractivity contribution < 1.29 is 4.79 Å². The molecule has 1 fully saturated rings. The van der Waals surface area contributed by atoms with Crippen LogP contribution in [-0.2, 0) is 4.79 Å². The summed E-state index contributed by atoms with van der Waals surface area (Å²) in [5.74, 6) is 1.50. The second-order valence-electron chi connectivity index (χ2n) is 4.72. The number of aliphatic imine (C=N–C) groups is 1. The molecule has 0 unspecified atom stereocenters. The van der Waals surface area contributed by atoms with Crippen LogP contribution in [0.15, 0.2) is 4.99 Å². The largest absolute Gasteiger partial charge is 0.370 e. The Labute approximate surface area is 120 Å². The first-order valence-corrected chi connectivity index (χ1v) is 5.88. The van der Waals surface area contributed by atoms with Crippen molar-refractivity contribution in [2.24, 2.45) is 22.6 Å². The number of halogens is 1. The topological polar surface area (TPSA) is 79.5 Å². The molecule has 0 aromatic carbocycles. The second-order valence-corrected chi connectivity index (χ2v) is 4.72. The predicted octanol–water partition coefficient (Wildman–Crippen LogP) is 0.691. The van der Waals surface area contributed by atoms with E-state index >= 15 is 0 Å². The van der Waals surface area contributed by atoms with Crippen molar-refractivity contribution in [1.29, 1.82) is 0 Å². The van der Waals surface area contributed by atoms with Gasteiger partial charge in [-0.15, -0.1) is 24.0 Å². The maximum absolute atomic E-state index is 11.3. The van der Waals surface area contributed by atoms with Gasteiger partial charge in [0, 0.05) is 13.1 Å². The Hall–Kier alpha value is -0.530. The smallest absolute Gasteiger partial charge is 0.241 e.